The predicted octanol–water partition coefficient (Wildman–Crippen LogP) is 1.83. The Kier molecular flexibility index (Phi) is 5.59. The summed E-state index contributed by atoms with van der Waals surface area (Å²) in [7, 11) is 0. The van der Waals surface area contributed by atoms with Gasteiger partial charge in [0.05, 0.1) is 6.04 Å². The molecular weight excluding hydrogens is 266 g/mol. The first-order valence-corrected chi connectivity index (χ1v) is 7.65. The summed E-state index contributed by atoms with van der Waals surface area (Å²) in [5, 5.41) is 12.1. The van der Waals surface area contributed by atoms with Crippen molar-refractivity contribution >= 4 is 17.3 Å². The van der Waals surface area contributed by atoms with Crippen LogP contribution in [0.25, 0.3) is 0 Å². The van der Waals surface area contributed by atoms with Crippen molar-refractivity contribution < 1.29 is 9.90 Å². The lowest BCUT2D eigenvalue weighted by Crippen LogP contribution is -2.50. The third-order valence-corrected chi connectivity index (χ3v) is 4.19. The van der Waals surface area contributed by atoms with Crippen LogP contribution in [0.15, 0.2) is 24.3 Å². The first kappa shape index (κ1) is 15.8. The van der Waals surface area contributed by atoms with Gasteiger partial charge >= 0.3 is 0 Å². The number of likely N-dealkylation sites (tertiary alicyclic amines) is 1. The summed E-state index contributed by atoms with van der Waals surface area (Å²) >= 11 is 0. The fraction of sp³-hybridized carbons (Fsp3) is 0.562. The topological polar surface area (TPSA) is 78.6 Å². The van der Waals surface area contributed by atoms with Gasteiger partial charge in [-0.15, -0.1) is 0 Å². The van der Waals surface area contributed by atoms with Gasteiger partial charge in [0, 0.05) is 24.0 Å². The van der Waals surface area contributed by atoms with Crippen molar-refractivity contribution in [1.82, 2.24) is 4.90 Å². The number of aliphatic hydroxyl groups excluding tert-OH is 1. The van der Waals surface area contributed by atoms with Crippen molar-refractivity contribution in [2.45, 2.75) is 44.7 Å². The molecule has 116 valence electrons. The number of nitrogens with two attached hydrogens (primary N) is 1. The van der Waals surface area contributed by atoms with E-state index >= 15 is 0 Å². The number of carbonyl (C=O) groups is 1. The molecule has 1 saturated heterocycles. The Morgan fingerprint density at radius 1 is 1.43 bits per heavy atom. The Hall–Kier alpha value is -1.59. The van der Waals surface area contributed by atoms with E-state index < -0.39 is 0 Å². The number of nitrogens with zero attached hydrogens (tertiary/aromatic N) is 1. The first-order chi connectivity index (χ1) is 10.1. The quantitative estimate of drug-likeness (QED) is 0.723. The molecule has 1 heterocycles. The number of rotatable bonds is 5. The van der Waals surface area contributed by atoms with Crippen LogP contribution >= 0.6 is 0 Å². The highest BCUT2D eigenvalue weighted by Crippen LogP contribution is 2.22. The number of hydrogen-bond donors (Lipinski definition) is 3. The Balaban J connectivity index is 1.98. The van der Waals surface area contributed by atoms with Crippen LogP contribution in [0.3, 0.4) is 0 Å². The second kappa shape index (κ2) is 7.43. The van der Waals surface area contributed by atoms with Gasteiger partial charge in [-0.25, -0.2) is 0 Å². The number of piperidine rings is 1. The molecule has 1 aromatic carbocycles. The molecule has 1 amide bonds. The number of hydrogen-bond acceptors (Lipinski definition) is 4. The first-order valence-electron chi connectivity index (χ1n) is 7.65. The van der Waals surface area contributed by atoms with E-state index in [0.29, 0.717) is 11.7 Å². The summed E-state index contributed by atoms with van der Waals surface area (Å²) in [4.78, 5) is 14.6. The molecule has 2 unspecified atom stereocenters. The summed E-state index contributed by atoms with van der Waals surface area (Å²) in [5.41, 5.74) is 7.08. The highest BCUT2D eigenvalue weighted by molar-refractivity contribution is 5.94. The molecule has 0 saturated carbocycles. The minimum Gasteiger partial charge on any atom is -0.399 e. The van der Waals surface area contributed by atoms with Crippen LogP contribution in [0.4, 0.5) is 11.4 Å². The number of nitrogens with one attached hydrogen (secondary N) is 1. The molecule has 2 atom stereocenters. The molecule has 21 heavy (non-hydrogen) atoms. The van der Waals surface area contributed by atoms with E-state index in [1.54, 1.807) is 24.3 Å². The van der Waals surface area contributed by atoms with Gasteiger partial charge in [0.15, 0.2) is 0 Å². The SMILES string of the molecule is CC(C(=O)Nc1ccc(N)cc1)N1CCCCC1CCO. The molecule has 1 aliphatic rings. The summed E-state index contributed by atoms with van der Waals surface area (Å²) in [6, 6.07) is 7.27. The Morgan fingerprint density at radius 3 is 2.81 bits per heavy atom. The second-order valence-electron chi connectivity index (χ2n) is 5.69. The van der Waals surface area contributed by atoms with Gasteiger partial charge < -0.3 is 16.2 Å². The highest BCUT2D eigenvalue weighted by atomic mass is 16.3. The van der Waals surface area contributed by atoms with Crippen LogP contribution in [-0.4, -0.2) is 41.1 Å². The molecule has 5 nitrogen and oxygen atoms in total. The van der Waals surface area contributed by atoms with E-state index in [1.807, 2.05) is 6.92 Å². The second-order valence-corrected chi connectivity index (χ2v) is 5.69. The fourth-order valence-electron chi connectivity index (χ4n) is 2.96. The Bertz CT molecular complexity index is 459. The smallest absolute Gasteiger partial charge is 0.241 e. The summed E-state index contributed by atoms with van der Waals surface area (Å²) in [6.45, 7) is 3.02. The zero-order valence-electron chi connectivity index (χ0n) is 12.6. The zero-order valence-corrected chi connectivity index (χ0v) is 12.6. The zero-order chi connectivity index (χ0) is 15.2. The molecule has 2 rings (SSSR count). The maximum absolute atomic E-state index is 12.4. The molecule has 1 aromatic rings. The third-order valence-electron chi connectivity index (χ3n) is 4.19. The van der Waals surface area contributed by atoms with E-state index in [1.165, 1.54) is 6.42 Å². The lowest BCUT2D eigenvalue weighted by atomic mass is 9.97. The molecule has 0 aromatic heterocycles. The van der Waals surface area contributed by atoms with Gasteiger partial charge in [-0.2, -0.15) is 0 Å². The summed E-state index contributed by atoms with van der Waals surface area (Å²) in [6.07, 6.45) is 4.08. The van der Waals surface area contributed by atoms with E-state index in [9.17, 15) is 9.90 Å². The molecule has 5 heteroatoms. The van der Waals surface area contributed by atoms with Gasteiger partial charge in [0.2, 0.25) is 5.91 Å². The monoisotopic (exact) mass is 291 g/mol. The predicted molar refractivity (Wildman–Crippen MR) is 85.0 cm³/mol. The van der Waals surface area contributed by atoms with Gasteiger partial charge in [-0.1, -0.05) is 6.42 Å². The maximum Gasteiger partial charge on any atom is 0.241 e. The molecule has 0 aliphatic carbocycles. The van der Waals surface area contributed by atoms with Gasteiger partial charge in [0.25, 0.3) is 0 Å². The Morgan fingerprint density at radius 2 is 2.14 bits per heavy atom. The Labute approximate surface area is 126 Å². The van der Waals surface area contributed by atoms with Crippen LogP contribution in [0.2, 0.25) is 0 Å². The number of aliphatic hydroxyl groups is 1. The average Bonchev–Trinajstić information content (AvgIpc) is 2.50. The van der Waals surface area contributed by atoms with E-state index in [-0.39, 0.29) is 18.6 Å². The van der Waals surface area contributed by atoms with Gasteiger partial charge in [-0.3, -0.25) is 9.69 Å². The van der Waals surface area contributed by atoms with Crippen molar-refractivity contribution in [2.24, 2.45) is 0 Å². The highest BCUT2D eigenvalue weighted by Gasteiger charge is 2.29. The normalized spacial score (nSPS) is 21.0. The number of carbonyl (C=O) groups excluding carboxylic acids is 1. The summed E-state index contributed by atoms with van der Waals surface area (Å²) in [5.74, 6) is -0.00962. The van der Waals surface area contributed by atoms with Gasteiger partial charge in [-0.05, 0) is 57.0 Å². The minimum absolute atomic E-state index is 0.00962. The van der Waals surface area contributed by atoms with Crippen molar-refractivity contribution in [3.8, 4) is 0 Å². The molecular formula is C16H25N3O2. The van der Waals surface area contributed by atoms with E-state index in [0.717, 1.165) is 31.5 Å². The molecule has 0 bridgehead atoms. The number of anilines is 2. The lowest BCUT2D eigenvalue weighted by molar-refractivity contribution is -0.122. The van der Waals surface area contributed by atoms with Crippen molar-refractivity contribution in [1.29, 1.82) is 0 Å². The van der Waals surface area contributed by atoms with E-state index in [2.05, 4.69) is 10.2 Å². The molecule has 0 spiro atoms. The van der Waals surface area contributed by atoms with Crippen LogP contribution < -0.4 is 11.1 Å². The van der Waals surface area contributed by atoms with Gasteiger partial charge in [0.1, 0.15) is 0 Å². The van der Waals surface area contributed by atoms with Crippen molar-refractivity contribution in [3.63, 3.8) is 0 Å². The molecule has 0 radical (unpaired) electrons. The van der Waals surface area contributed by atoms with E-state index in [4.69, 9.17) is 5.73 Å². The largest absolute Gasteiger partial charge is 0.399 e. The number of amides is 1. The molecule has 4 N–H and O–H groups in total. The average molecular weight is 291 g/mol. The maximum atomic E-state index is 12.4. The van der Waals surface area contributed by atoms with Crippen molar-refractivity contribution in [3.05, 3.63) is 24.3 Å². The molecule has 1 aliphatic heterocycles. The standard InChI is InChI=1S/C16H25N3O2/c1-12(19-10-3-2-4-15(19)9-11-20)16(21)18-14-7-5-13(17)6-8-14/h5-8,12,15,20H,2-4,9-11,17H2,1H3,(H,18,21). The van der Waals surface area contributed by atoms with Crippen LogP contribution in [0, 0.1) is 0 Å². The number of benzene rings is 1. The summed E-state index contributed by atoms with van der Waals surface area (Å²) < 4.78 is 0. The van der Waals surface area contributed by atoms with Crippen LogP contribution in [0.1, 0.15) is 32.6 Å². The van der Waals surface area contributed by atoms with Crippen LogP contribution in [0.5, 0.6) is 0 Å². The molecule has 1 fully saturated rings. The minimum atomic E-state index is -0.195. The van der Waals surface area contributed by atoms with Crippen molar-refractivity contribution in [2.75, 3.05) is 24.2 Å². The number of nitrogen functional groups attached to an aromatic ring is 1. The third kappa shape index (κ3) is 4.19. The van der Waals surface area contributed by atoms with Crippen LogP contribution in [-0.2, 0) is 4.79 Å². The lowest BCUT2D eigenvalue weighted by Gasteiger charge is -2.39. The fourth-order valence-corrected chi connectivity index (χ4v) is 2.96.